The molecule has 104 valence electrons. The summed E-state index contributed by atoms with van der Waals surface area (Å²) in [6, 6.07) is 5.87. The summed E-state index contributed by atoms with van der Waals surface area (Å²) in [6.07, 6.45) is -0.119. The second-order valence-electron chi connectivity index (χ2n) is 4.65. The lowest BCUT2D eigenvalue weighted by atomic mass is 10.1. The van der Waals surface area contributed by atoms with E-state index in [0.717, 1.165) is 22.3 Å². The van der Waals surface area contributed by atoms with Gasteiger partial charge < -0.3 is 20.5 Å². The number of ether oxygens (including phenoxy) is 1. The molecular weight excluding hydrogens is 328 g/mol. The fourth-order valence-corrected chi connectivity index (χ4v) is 3.28. The summed E-state index contributed by atoms with van der Waals surface area (Å²) < 4.78 is 6.54. The maximum absolute atomic E-state index is 9.30. The van der Waals surface area contributed by atoms with Gasteiger partial charge in [0.1, 0.15) is 4.99 Å². The number of anilines is 1. The lowest BCUT2D eigenvalue weighted by Gasteiger charge is -2.38. The van der Waals surface area contributed by atoms with Gasteiger partial charge in [0.25, 0.3) is 0 Å². The summed E-state index contributed by atoms with van der Waals surface area (Å²) in [5, 5.41) is 9.30. The van der Waals surface area contributed by atoms with Crippen LogP contribution in [0.4, 0.5) is 5.69 Å². The van der Waals surface area contributed by atoms with Crippen LogP contribution in [0.2, 0.25) is 0 Å². The molecule has 0 aliphatic carbocycles. The first kappa shape index (κ1) is 14.7. The molecule has 2 rings (SSSR count). The molecule has 1 saturated heterocycles. The Morgan fingerprint density at radius 3 is 2.95 bits per heavy atom. The molecule has 1 aromatic rings. The molecule has 0 aromatic heterocycles. The van der Waals surface area contributed by atoms with E-state index in [4.69, 9.17) is 22.7 Å². The van der Waals surface area contributed by atoms with Crippen molar-refractivity contribution in [3.05, 3.63) is 28.2 Å². The Morgan fingerprint density at radius 2 is 2.32 bits per heavy atom. The maximum atomic E-state index is 9.30. The number of benzene rings is 1. The summed E-state index contributed by atoms with van der Waals surface area (Å²) in [7, 11) is 0. The predicted octanol–water partition coefficient (Wildman–Crippen LogP) is 1.67. The Kier molecular flexibility index (Phi) is 4.78. The molecule has 0 spiro atoms. The highest BCUT2D eigenvalue weighted by molar-refractivity contribution is 9.10. The maximum Gasteiger partial charge on any atom is 0.107 e. The van der Waals surface area contributed by atoms with Crippen molar-refractivity contribution in [3.8, 4) is 0 Å². The molecule has 4 nitrogen and oxygen atoms in total. The molecule has 1 aromatic carbocycles. The van der Waals surface area contributed by atoms with Gasteiger partial charge in [0.15, 0.2) is 0 Å². The zero-order valence-electron chi connectivity index (χ0n) is 10.7. The average Bonchev–Trinajstić information content (AvgIpc) is 2.37. The number of aliphatic hydroxyl groups excluding tert-OH is 1. The summed E-state index contributed by atoms with van der Waals surface area (Å²) >= 11 is 8.62. The van der Waals surface area contributed by atoms with E-state index in [9.17, 15) is 5.11 Å². The van der Waals surface area contributed by atoms with Gasteiger partial charge in [-0.25, -0.2) is 0 Å². The molecule has 6 heteroatoms. The molecule has 1 aliphatic heterocycles. The molecule has 0 bridgehead atoms. The Hall–Kier alpha value is -0.690. The molecule has 2 unspecified atom stereocenters. The standard InChI is InChI=1S/C13H17BrN2O2S/c1-8-5-16(6-9(7-17)18-8)11-4-2-3-10(14)12(11)13(15)19/h2-4,8-9,17H,5-7H2,1H3,(H2,15,19). The highest BCUT2D eigenvalue weighted by atomic mass is 79.9. The van der Waals surface area contributed by atoms with E-state index in [0.29, 0.717) is 11.5 Å². The summed E-state index contributed by atoms with van der Waals surface area (Å²) in [6.45, 7) is 3.39. The van der Waals surface area contributed by atoms with Crippen LogP contribution >= 0.6 is 28.1 Å². The Bertz CT molecular complexity index is 484. The van der Waals surface area contributed by atoms with Crippen LogP contribution in [-0.4, -0.2) is 42.0 Å². The van der Waals surface area contributed by atoms with Crippen LogP contribution in [0.1, 0.15) is 12.5 Å². The fraction of sp³-hybridized carbons (Fsp3) is 0.462. The van der Waals surface area contributed by atoms with E-state index in [2.05, 4.69) is 20.8 Å². The summed E-state index contributed by atoms with van der Waals surface area (Å²) in [4.78, 5) is 2.52. The van der Waals surface area contributed by atoms with Gasteiger partial charge in [0, 0.05) is 28.8 Å². The van der Waals surface area contributed by atoms with E-state index in [1.165, 1.54) is 0 Å². The van der Waals surface area contributed by atoms with Gasteiger partial charge in [-0.05, 0) is 35.0 Å². The van der Waals surface area contributed by atoms with Crippen molar-refractivity contribution in [2.24, 2.45) is 5.73 Å². The molecule has 1 fully saturated rings. The predicted molar refractivity (Wildman–Crippen MR) is 83.7 cm³/mol. The SMILES string of the molecule is CC1CN(c2cccc(Br)c2C(N)=S)CC(CO)O1. The zero-order chi connectivity index (χ0) is 14.0. The van der Waals surface area contributed by atoms with Crippen LogP contribution in [-0.2, 0) is 4.74 Å². The lowest BCUT2D eigenvalue weighted by Crippen LogP contribution is -2.48. The van der Waals surface area contributed by atoms with Crippen molar-refractivity contribution in [1.82, 2.24) is 0 Å². The third-order valence-corrected chi connectivity index (χ3v) is 3.97. The number of aliphatic hydroxyl groups is 1. The minimum Gasteiger partial charge on any atom is -0.394 e. The molecule has 0 radical (unpaired) electrons. The monoisotopic (exact) mass is 344 g/mol. The van der Waals surface area contributed by atoms with Crippen molar-refractivity contribution in [3.63, 3.8) is 0 Å². The number of halogens is 1. The molecule has 1 heterocycles. The molecule has 3 N–H and O–H groups in total. The van der Waals surface area contributed by atoms with Gasteiger partial charge in [-0.2, -0.15) is 0 Å². The van der Waals surface area contributed by atoms with E-state index in [1.54, 1.807) is 0 Å². The normalized spacial score (nSPS) is 23.4. The van der Waals surface area contributed by atoms with Crippen LogP contribution in [0, 0.1) is 0 Å². The Balaban J connectivity index is 2.35. The molecule has 0 amide bonds. The van der Waals surface area contributed by atoms with Gasteiger partial charge >= 0.3 is 0 Å². The second kappa shape index (κ2) is 6.17. The van der Waals surface area contributed by atoms with Gasteiger partial charge in [-0.1, -0.05) is 18.3 Å². The zero-order valence-corrected chi connectivity index (χ0v) is 13.1. The topological polar surface area (TPSA) is 58.7 Å². The van der Waals surface area contributed by atoms with Crippen LogP contribution in [0.3, 0.4) is 0 Å². The number of rotatable bonds is 3. The number of morpholine rings is 1. The number of thiocarbonyl (C=S) groups is 1. The smallest absolute Gasteiger partial charge is 0.107 e. The number of nitrogens with two attached hydrogens (primary N) is 1. The van der Waals surface area contributed by atoms with Gasteiger partial charge in [0.05, 0.1) is 18.8 Å². The highest BCUT2D eigenvalue weighted by Crippen LogP contribution is 2.30. The molecule has 1 aliphatic rings. The van der Waals surface area contributed by atoms with Crippen molar-refractivity contribution in [2.75, 3.05) is 24.6 Å². The largest absolute Gasteiger partial charge is 0.394 e. The van der Waals surface area contributed by atoms with E-state index >= 15 is 0 Å². The molecule has 19 heavy (non-hydrogen) atoms. The minimum atomic E-state index is -0.179. The van der Waals surface area contributed by atoms with E-state index in [-0.39, 0.29) is 18.8 Å². The van der Waals surface area contributed by atoms with Gasteiger partial charge in [0.2, 0.25) is 0 Å². The fourth-order valence-electron chi connectivity index (χ4n) is 2.36. The van der Waals surface area contributed by atoms with Crippen molar-refractivity contribution in [2.45, 2.75) is 19.1 Å². The minimum absolute atomic E-state index is 0.0112. The van der Waals surface area contributed by atoms with Crippen molar-refractivity contribution in [1.29, 1.82) is 0 Å². The third kappa shape index (κ3) is 3.25. The first-order chi connectivity index (χ1) is 9.02. The van der Waals surface area contributed by atoms with E-state index in [1.807, 2.05) is 25.1 Å². The van der Waals surface area contributed by atoms with Gasteiger partial charge in [-0.15, -0.1) is 0 Å². The van der Waals surface area contributed by atoms with Crippen molar-refractivity contribution < 1.29 is 9.84 Å². The average molecular weight is 345 g/mol. The Morgan fingerprint density at radius 1 is 1.58 bits per heavy atom. The summed E-state index contributed by atoms with van der Waals surface area (Å²) in [5.41, 5.74) is 7.64. The molecule has 2 atom stereocenters. The van der Waals surface area contributed by atoms with Crippen LogP contribution in [0.5, 0.6) is 0 Å². The van der Waals surface area contributed by atoms with Crippen LogP contribution in [0.25, 0.3) is 0 Å². The highest BCUT2D eigenvalue weighted by Gasteiger charge is 2.27. The van der Waals surface area contributed by atoms with Crippen LogP contribution in [0.15, 0.2) is 22.7 Å². The van der Waals surface area contributed by atoms with Crippen molar-refractivity contribution >= 4 is 38.8 Å². The summed E-state index contributed by atoms with van der Waals surface area (Å²) in [5.74, 6) is 0. The van der Waals surface area contributed by atoms with Crippen LogP contribution < -0.4 is 10.6 Å². The number of hydrogen-bond acceptors (Lipinski definition) is 4. The second-order valence-corrected chi connectivity index (χ2v) is 5.95. The lowest BCUT2D eigenvalue weighted by molar-refractivity contribution is -0.0421. The van der Waals surface area contributed by atoms with E-state index < -0.39 is 0 Å². The first-order valence-corrected chi connectivity index (χ1v) is 7.32. The number of nitrogens with zero attached hydrogens (tertiary/aromatic N) is 1. The third-order valence-electron chi connectivity index (χ3n) is 3.11. The quantitative estimate of drug-likeness (QED) is 0.817. The first-order valence-electron chi connectivity index (χ1n) is 6.12. The molecule has 0 saturated carbocycles. The molecular formula is C13H17BrN2O2S. The number of hydrogen-bond donors (Lipinski definition) is 2. The Labute approximate surface area is 126 Å². The van der Waals surface area contributed by atoms with Gasteiger partial charge in [-0.3, -0.25) is 0 Å².